The van der Waals surface area contributed by atoms with Crippen LogP contribution in [-0.2, 0) is 28.6 Å². The number of para-hydroxylation sites is 1. The van der Waals surface area contributed by atoms with Crippen LogP contribution in [0.3, 0.4) is 0 Å². The first-order valence-corrected chi connectivity index (χ1v) is 27.6. The van der Waals surface area contributed by atoms with Crippen LogP contribution >= 0.6 is 0 Å². The summed E-state index contributed by atoms with van der Waals surface area (Å²) in [5, 5.41) is 19.1. The van der Waals surface area contributed by atoms with E-state index in [9.17, 15) is 29.2 Å². The molecule has 418 valence electrons. The number of pyridine rings is 1. The number of unbranched alkanes of at least 4 members (excludes halogenated alkanes) is 6. The molecule has 5 aromatic rings. The van der Waals surface area contributed by atoms with Gasteiger partial charge in [0, 0.05) is 82.1 Å². The van der Waals surface area contributed by atoms with Crippen LogP contribution in [0.1, 0.15) is 103 Å². The summed E-state index contributed by atoms with van der Waals surface area (Å²) in [4.78, 5) is 73.6. The van der Waals surface area contributed by atoms with Gasteiger partial charge in [0.15, 0.2) is 11.5 Å². The Hall–Kier alpha value is -7.47. The van der Waals surface area contributed by atoms with Crippen LogP contribution in [0.4, 0.5) is 17.1 Å². The molecule has 2 saturated heterocycles. The number of anilines is 3. The van der Waals surface area contributed by atoms with Gasteiger partial charge in [-0.2, -0.15) is 5.26 Å². The summed E-state index contributed by atoms with van der Waals surface area (Å²) in [6, 6.07) is 26.8. The van der Waals surface area contributed by atoms with E-state index in [-0.39, 0.29) is 42.0 Å². The van der Waals surface area contributed by atoms with Crippen molar-refractivity contribution in [3.63, 3.8) is 0 Å². The molecule has 5 amide bonds. The number of fused-ring (bicyclic) bond motifs is 2. The molecule has 3 aliphatic rings. The molecule has 1 atom stereocenters. The monoisotopic (exact) mass is 1080 g/mol. The van der Waals surface area contributed by atoms with Gasteiger partial charge in [0.1, 0.15) is 23.6 Å². The number of ether oxygens (including phenoxy) is 6. The summed E-state index contributed by atoms with van der Waals surface area (Å²) in [7, 11) is 1.62. The predicted molar refractivity (Wildman–Crippen MR) is 298 cm³/mol. The Bertz CT molecular complexity index is 2890. The molecule has 19 heteroatoms. The van der Waals surface area contributed by atoms with Crippen LogP contribution in [0.2, 0.25) is 0 Å². The molecule has 0 bridgehead atoms. The fourth-order valence-electron chi connectivity index (χ4n) is 9.88. The standard InChI is InChI=1S/C60H72N8O11/c1-74-52-39-48-50(62-42-43(41-61)57(48)63-44-20-22-46(23-21-44)79-45-15-7-6-8-16-45)40-53(52)78-34-14-27-67-30-28-66(29-31-67)26-10-3-5-12-33-76-36-38-77-37-35-75-32-11-4-2-9-19-54(69)64-49-18-13-17-47-56(49)60(73)68(59(47)72)51-24-25-55(70)65-58(51)71/h6-8,13,15-18,20-23,39-40,42,51H,2-5,9-12,14,19,24-38H2,1H3,(H,62,63)(H,64,69)(H,65,70,71). The smallest absolute Gasteiger partial charge is 0.264 e. The van der Waals surface area contributed by atoms with Gasteiger partial charge in [-0.3, -0.25) is 39.2 Å². The zero-order valence-corrected chi connectivity index (χ0v) is 45.1. The SMILES string of the molecule is COc1cc2c(Nc3ccc(Oc4ccccc4)cc3)c(C#N)cnc2cc1OCCCN1CCN(CCCCCCOCCOCCOCCCCCCC(=O)Nc2cccc3c2C(=O)N(C2CCC(=O)NC2=O)C3=O)CC1. The molecule has 8 rings (SSSR count). The zero-order chi connectivity index (χ0) is 55.2. The Kier molecular flexibility index (Phi) is 21.9. The first-order chi connectivity index (χ1) is 38.7. The Morgan fingerprint density at radius 2 is 1.37 bits per heavy atom. The number of methoxy groups -OCH3 is 1. The summed E-state index contributed by atoms with van der Waals surface area (Å²) in [6.07, 6.45) is 10.6. The number of imide groups is 2. The fraction of sp³-hybridized carbons (Fsp3) is 0.450. The Morgan fingerprint density at radius 3 is 2.05 bits per heavy atom. The third kappa shape index (κ3) is 16.5. The minimum Gasteiger partial charge on any atom is -0.493 e. The normalized spacial score (nSPS) is 15.7. The molecule has 19 nitrogen and oxygen atoms in total. The summed E-state index contributed by atoms with van der Waals surface area (Å²) in [5.41, 5.74) is 2.98. The number of hydrogen-bond acceptors (Lipinski definition) is 16. The lowest BCUT2D eigenvalue weighted by Crippen LogP contribution is -2.54. The van der Waals surface area contributed by atoms with Crippen LogP contribution < -0.4 is 30.2 Å². The molecule has 3 N–H and O–H groups in total. The minimum absolute atomic E-state index is 0.0320. The lowest BCUT2D eigenvalue weighted by molar-refractivity contribution is -0.136. The number of piperazine rings is 1. The summed E-state index contributed by atoms with van der Waals surface area (Å²) < 4.78 is 35.1. The molecule has 1 unspecified atom stereocenters. The highest BCUT2D eigenvalue weighted by Crippen LogP contribution is 2.38. The van der Waals surface area contributed by atoms with E-state index < -0.39 is 29.7 Å². The molecule has 79 heavy (non-hydrogen) atoms. The second-order valence-electron chi connectivity index (χ2n) is 19.8. The van der Waals surface area contributed by atoms with Crippen molar-refractivity contribution in [1.82, 2.24) is 25.0 Å². The summed E-state index contributed by atoms with van der Waals surface area (Å²) >= 11 is 0. The number of piperidine rings is 1. The fourth-order valence-corrected chi connectivity index (χ4v) is 9.88. The molecule has 0 saturated carbocycles. The number of nitriles is 1. The van der Waals surface area contributed by atoms with E-state index in [1.54, 1.807) is 25.4 Å². The van der Waals surface area contributed by atoms with Crippen molar-refractivity contribution in [2.45, 2.75) is 83.1 Å². The number of carbonyl (C=O) groups is 5. The highest BCUT2D eigenvalue weighted by molar-refractivity contribution is 6.26. The second-order valence-corrected chi connectivity index (χ2v) is 19.8. The second kappa shape index (κ2) is 30.0. The maximum atomic E-state index is 13.3. The van der Waals surface area contributed by atoms with Crippen molar-refractivity contribution in [2.75, 3.05) is 103 Å². The third-order valence-electron chi connectivity index (χ3n) is 14.2. The molecular weight excluding hydrogens is 1010 g/mol. The van der Waals surface area contributed by atoms with E-state index in [1.165, 1.54) is 18.9 Å². The number of carbonyl (C=O) groups excluding carboxylic acids is 5. The van der Waals surface area contributed by atoms with Gasteiger partial charge < -0.3 is 48.9 Å². The maximum Gasteiger partial charge on any atom is 0.264 e. The van der Waals surface area contributed by atoms with Crippen LogP contribution in [0.15, 0.2) is 91.1 Å². The van der Waals surface area contributed by atoms with E-state index >= 15 is 0 Å². The number of hydrogen-bond donors (Lipinski definition) is 3. The Morgan fingerprint density at radius 1 is 0.709 bits per heavy atom. The largest absolute Gasteiger partial charge is 0.493 e. The van der Waals surface area contributed by atoms with Crippen LogP contribution in [0.25, 0.3) is 10.9 Å². The van der Waals surface area contributed by atoms with Gasteiger partial charge in [0.05, 0.1) is 73.7 Å². The van der Waals surface area contributed by atoms with Crippen molar-refractivity contribution in [3.05, 3.63) is 108 Å². The van der Waals surface area contributed by atoms with Gasteiger partial charge in [-0.15, -0.1) is 0 Å². The predicted octanol–water partition coefficient (Wildman–Crippen LogP) is 8.64. The highest BCUT2D eigenvalue weighted by atomic mass is 16.5. The van der Waals surface area contributed by atoms with Gasteiger partial charge in [0.2, 0.25) is 17.7 Å². The van der Waals surface area contributed by atoms with Crippen LogP contribution in [0, 0.1) is 11.3 Å². The van der Waals surface area contributed by atoms with Gasteiger partial charge in [-0.25, -0.2) is 0 Å². The van der Waals surface area contributed by atoms with Gasteiger partial charge in [0.25, 0.3) is 11.8 Å². The lowest BCUT2D eigenvalue weighted by atomic mass is 10.0. The topological polar surface area (TPSA) is 223 Å². The number of rotatable bonds is 32. The number of nitrogens with one attached hydrogen (secondary N) is 3. The molecule has 0 spiro atoms. The Labute approximate surface area is 461 Å². The number of nitrogens with zero attached hydrogens (tertiary/aromatic N) is 5. The minimum atomic E-state index is -1.07. The molecule has 1 aromatic heterocycles. The summed E-state index contributed by atoms with van der Waals surface area (Å²) in [5.74, 6) is 0.00393. The van der Waals surface area contributed by atoms with Gasteiger partial charge in [-0.05, 0) is 99.7 Å². The van der Waals surface area contributed by atoms with Gasteiger partial charge >= 0.3 is 0 Å². The van der Waals surface area contributed by atoms with E-state index in [0.29, 0.717) is 80.1 Å². The molecule has 4 heterocycles. The number of aromatic nitrogens is 1. The molecule has 0 aliphatic carbocycles. The number of benzene rings is 4. The van der Waals surface area contributed by atoms with E-state index in [4.69, 9.17) is 28.4 Å². The van der Waals surface area contributed by atoms with Crippen LogP contribution in [-0.4, -0.2) is 148 Å². The Balaban J connectivity index is 0.592. The first-order valence-electron chi connectivity index (χ1n) is 27.6. The quantitative estimate of drug-likeness (QED) is 0.0271. The highest BCUT2D eigenvalue weighted by Gasteiger charge is 2.45. The third-order valence-corrected chi connectivity index (χ3v) is 14.2. The van der Waals surface area contributed by atoms with Crippen molar-refractivity contribution in [3.8, 4) is 29.1 Å². The van der Waals surface area contributed by atoms with E-state index in [1.807, 2.05) is 66.7 Å². The van der Waals surface area contributed by atoms with E-state index in [2.05, 4.69) is 36.8 Å². The van der Waals surface area contributed by atoms with Crippen molar-refractivity contribution in [1.29, 1.82) is 5.26 Å². The molecule has 3 aliphatic heterocycles. The lowest BCUT2D eigenvalue weighted by Gasteiger charge is -2.34. The molecule has 4 aromatic carbocycles. The summed E-state index contributed by atoms with van der Waals surface area (Å²) in [6.45, 7) is 10.3. The number of amides is 5. The average Bonchev–Trinajstić information content (AvgIpc) is 3.98. The average molecular weight is 1080 g/mol. The molecule has 0 radical (unpaired) electrons. The maximum absolute atomic E-state index is 13.3. The zero-order valence-electron chi connectivity index (χ0n) is 45.1. The van der Waals surface area contributed by atoms with Crippen molar-refractivity contribution in [2.24, 2.45) is 0 Å². The van der Waals surface area contributed by atoms with Crippen molar-refractivity contribution >= 4 is 57.5 Å². The van der Waals surface area contributed by atoms with Crippen molar-refractivity contribution < 1.29 is 52.4 Å². The first kappa shape index (κ1) is 57.7. The van der Waals surface area contributed by atoms with Crippen LogP contribution in [0.5, 0.6) is 23.0 Å². The molecule has 2 fully saturated rings. The van der Waals surface area contributed by atoms with Gasteiger partial charge in [-0.1, -0.05) is 49.9 Å². The molecular formula is C60H72N8O11. The van der Waals surface area contributed by atoms with E-state index in [0.717, 1.165) is 106 Å².